The van der Waals surface area contributed by atoms with Crippen LogP contribution in [0.15, 0.2) is 24.5 Å². The Morgan fingerprint density at radius 3 is 2.22 bits per heavy atom. The van der Waals surface area contributed by atoms with E-state index in [1.165, 1.54) is 5.56 Å². The maximum absolute atomic E-state index is 12.0. The molecule has 0 aliphatic rings. The number of carbonyl (C=O) groups is 1. The van der Waals surface area contributed by atoms with E-state index in [0.29, 0.717) is 11.5 Å². The normalized spacial score (nSPS) is 11.9. The zero-order valence-corrected chi connectivity index (χ0v) is 14.4. The summed E-state index contributed by atoms with van der Waals surface area (Å²) in [7, 11) is 0. The minimum absolute atomic E-state index is 0.137. The average Bonchev–Trinajstić information content (AvgIpc) is 2.51. The van der Waals surface area contributed by atoms with Crippen molar-refractivity contribution in [2.24, 2.45) is 0 Å². The van der Waals surface area contributed by atoms with Crippen molar-refractivity contribution in [2.45, 2.75) is 47.1 Å². The smallest absolute Gasteiger partial charge is 0.254 e. The lowest BCUT2D eigenvalue weighted by molar-refractivity contribution is 0.0938. The molecule has 0 spiro atoms. The van der Waals surface area contributed by atoms with Crippen molar-refractivity contribution in [3.63, 3.8) is 0 Å². The van der Waals surface area contributed by atoms with E-state index in [-0.39, 0.29) is 11.9 Å². The fraction of sp³-hybridized carbons (Fsp3) is 0.389. The van der Waals surface area contributed by atoms with E-state index >= 15 is 0 Å². The number of rotatable bonds is 5. The molecule has 2 N–H and O–H groups in total. The molecule has 0 radical (unpaired) electrons. The second kappa shape index (κ2) is 7.22. The number of aromatic nitrogens is 2. The summed E-state index contributed by atoms with van der Waals surface area (Å²) in [6, 6.07) is 4.37. The van der Waals surface area contributed by atoms with E-state index in [1.54, 1.807) is 12.4 Å². The number of hydrogen-bond donors (Lipinski definition) is 2. The summed E-state index contributed by atoms with van der Waals surface area (Å²) >= 11 is 0. The Morgan fingerprint density at radius 2 is 1.70 bits per heavy atom. The van der Waals surface area contributed by atoms with Crippen LogP contribution in [0, 0.1) is 20.8 Å². The first kappa shape index (κ1) is 16.9. The molecule has 1 atom stereocenters. The molecular weight excluding hydrogens is 288 g/mol. The van der Waals surface area contributed by atoms with Crippen LogP contribution in [0.2, 0.25) is 0 Å². The first-order valence-corrected chi connectivity index (χ1v) is 7.88. The zero-order chi connectivity index (χ0) is 17.0. The lowest BCUT2D eigenvalue weighted by Gasteiger charge is -2.13. The molecule has 0 aliphatic heterocycles. The first-order chi connectivity index (χ1) is 10.9. The van der Waals surface area contributed by atoms with Gasteiger partial charge in [0.2, 0.25) is 5.95 Å². The standard InChI is InChI=1S/C18H24N4O/c1-6-14(5)21-17(23)15-9-19-18(20-10-15)22-16-12(3)7-11(2)8-13(16)4/h7-10,14H,6H2,1-5H3,(H,21,23)(H,19,20,22). The van der Waals surface area contributed by atoms with Crippen molar-refractivity contribution in [1.29, 1.82) is 0 Å². The Kier molecular flexibility index (Phi) is 5.32. The summed E-state index contributed by atoms with van der Waals surface area (Å²) in [6.07, 6.45) is 3.98. The number of anilines is 2. The molecule has 1 heterocycles. The van der Waals surface area contributed by atoms with E-state index in [9.17, 15) is 4.79 Å². The number of carbonyl (C=O) groups excluding carboxylic acids is 1. The third-order valence-corrected chi connectivity index (χ3v) is 3.82. The van der Waals surface area contributed by atoms with Crippen LogP contribution in [-0.4, -0.2) is 21.9 Å². The van der Waals surface area contributed by atoms with Crippen LogP contribution in [0.25, 0.3) is 0 Å². The monoisotopic (exact) mass is 312 g/mol. The third-order valence-electron chi connectivity index (χ3n) is 3.82. The van der Waals surface area contributed by atoms with Gasteiger partial charge in [0.15, 0.2) is 0 Å². The van der Waals surface area contributed by atoms with E-state index in [1.807, 2.05) is 13.8 Å². The van der Waals surface area contributed by atoms with Gasteiger partial charge in [-0.05, 0) is 45.2 Å². The van der Waals surface area contributed by atoms with Gasteiger partial charge in [0.1, 0.15) is 0 Å². The number of nitrogens with one attached hydrogen (secondary N) is 2. The largest absolute Gasteiger partial charge is 0.350 e. The quantitative estimate of drug-likeness (QED) is 0.884. The van der Waals surface area contributed by atoms with Gasteiger partial charge >= 0.3 is 0 Å². The molecule has 0 bridgehead atoms. The van der Waals surface area contributed by atoms with Gasteiger partial charge < -0.3 is 10.6 Å². The zero-order valence-electron chi connectivity index (χ0n) is 14.4. The lowest BCUT2D eigenvalue weighted by atomic mass is 10.1. The Balaban J connectivity index is 2.13. The highest BCUT2D eigenvalue weighted by atomic mass is 16.1. The summed E-state index contributed by atoms with van der Waals surface area (Å²) in [5, 5.41) is 6.13. The Bertz CT molecular complexity index is 672. The summed E-state index contributed by atoms with van der Waals surface area (Å²) < 4.78 is 0. The van der Waals surface area contributed by atoms with Crippen molar-refractivity contribution < 1.29 is 4.79 Å². The van der Waals surface area contributed by atoms with E-state index < -0.39 is 0 Å². The second-order valence-electron chi connectivity index (χ2n) is 5.98. The van der Waals surface area contributed by atoms with E-state index in [0.717, 1.165) is 23.2 Å². The van der Waals surface area contributed by atoms with Gasteiger partial charge in [-0.25, -0.2) is 9.97 Å². The predicted octanol–water partition coefficient (Wildman–Crippen LogP) is 3.67. The maximum atomic E-state index is 12.0. The molecule has 1 amide bonds. The first-order valence-electron chi connectivity index (χ1n) is 7.88. The molecule has 0 saturated heterocycles. The summed E-state index contributed by atoms with van der Waals surface area (Å²) in [5.74, 6) is 0.341. The SMILES string of the molecule is CCC(C)NC(=O)c1cnc(Nc2c(C)cc(C)cc2C)nc1. The molecule has 0 fully saturated rings. The number of hydrogen-bond acceptors (Lipinski definition) is 4. The minimum Gasteiger partial charge on any atom is -0.350 e. The molecule has 5 heteroatoms. The second-order valence-corrected chi connectivity index (χ2v) is 5.98. The van der Waals surface area contributed by atoms with Crippen LogP contribution < -0.4 is 10.6 Å². The Labute approximate surface area is 137 Å². The van der Waals surface area contributed by atoms with Crippen LogP contribution in [0.4, 0.5) is 11.6 Å². The molecule has 2 aromatic rings. The topological polar surface area (TPSA) is 66.9 Å². The van der Waals surface area contributed by atoms with Crippen LogP contribution in [0.1, 0.15) is 47.3 Å². The molecule has 1 aromatic heterocycles. The fourth-order valence-corrected chi connectivity index (χ4v) is 2.41. The van der Waals surface area contributed by atoms with Gasteiger partial charge in [-0.3, -0.25) is 4.79 Å². The van der Waals surface area contributed by atoms with Crippen molar-refractivity contribution >= 4 is 17.5 Å². The van der Waals surface area contributed by atoms with Crippen molar-refractivity contribution in [2.75, 3.05) is 5.32 Å². The van der Waals surface area contributed by atoms with Crippen LogP contribution in [-0.2, 0) is 0 Å². The molecule has 2 rings (SSSR count). The summed E-state index contributed by atoms with van der Waals surface area (Å²) in [5.41, 5.74) is 4.98. The van der Waals surface area contributed by atoms with E-state index in [4.69, 9.17) is 0 Å². The molecule has 1 unspecified atom stereocenters. The molecule has 1 aromatic carbocycles. The fourth-order valence-electron chi connectivity index (χ4n) is 2.41. The van der Waals surface area contributed by atoms with Crippen molar-refractivity contribution in [3.05, 3.63) is 46.8 Å². The summed E-state index contributed by atoms with van der Waals surface area (Å²) in [6.45, 7) is 10.2. The third kappa shape index (κ3) is 4.28. The van der Waals surface area contributed by atoms with Gasteiger partial charge in [0.25, 0.3) is 5.91 Å². The lowest BCUT2D eigenvalue weighted by Crippen LogP contribution is -2.32. The average molecular weight is 312 g/mol. The van der Waals surface area contributed by atoms with Crippen molar-refractivity contribution in [3.8, 4) is 0 Å². The highest BCUT2D eigenvalue weighted by molar-refractivity contribution is 5.93. The number of benzene rings is 1. The van der Waals surface area contributed by atoms with E-state index in [2.05, 4.69) is 53.5 Å². The van der Waals surface area contributed by atoms with Crippen molar-refractivity contribution in [1.82, 2.24) is 15.3 Å². The molecule has 5 nitrogen and oxygen atoms in total. The highest BCUT2D eigenvalue weighted by Gasteiger charge is 2.10. The van der Waals surface area contributed by atoms with Gasteiger partial charge in [0.05, 0.1) is 5.56 Å². The molecule has 0 aliphatic carbocycles. The molecule has 23 heavy (non-hydrogen) atoms. The van der Waals surface area contributed by atoms with Gasteiger partial charge in [-0.1, -0.05) is 24.6 Å². The molecule has 122 valence electrons. The predicted molar refractivity (Wildman–Crippen MR) is 93.2 cm³/mol. The van der Waals surface area contributed by atoms with Gasteiger partial charge in [-0.2, -0.15) is 0 Å². The Hall–Kier alpha value is -2.43. The van der Waals surface area contributed by atoms with Crippen LogP contribution >= 0.6 is 0 Å². The van der Waals surface area contributed by atoms with Gasteiger partial charge in [-0.15, -0.1) is 0 Å². The highest BCUT2D eigenvalue weighted by Crippen LogP contribution is 2.24. The Morgan fingerprint density at radius 1 is 1.13 bits per heavy atom. The molecule has 0 saturated carbocycles. The number of amides is 1. The molecular formula is C18H24N4O. The maximum Gasteiger partial charge on any atom is 0.254 e. The minimum atomic E-state index is -0.145. The van der Waals surface area contributed by atoms with Crippen LogP contribution in [0.3, 0.4) is 0 Å². The van der Waals surface area contributed by atoms with Gasteiger partial charge in [0, 0.05) is 24.1 Å². The number of nitrogens with zero attached hydrogens (tertiary/aromatic N) is 2. The van der Waals surface area contributed by atoms with Crippen LogP contribution in [0.5, 0.6) is 0 Å². The number of aryl methyl sites for hydroxylation is 3. The summed E-state index contributed by atoms with van der Waals surface area (Å²) in [4.78, 5) is 20.5.